The summed E-state index contributed by atoms with van der Waals surface area (Å²) in [7, 11) is 0. The summed E-state index contributed by atoms with van der Waals surface area (Å²) < 4.78 is 16.1. The fourth-order valence-corrected chi connectivity index (χ4v) is 10.8. The van der Waals surface area contributed by atoms with E-state index in [1.807, 2.05) is 30.3 Å². The minimum atomic E-state index is 0.525. The zero-order valence-corrected chi connectivity index (χ0v) is 35.7. The fraction of sp³-hybridized carbons (Fsp3) is 0. The van der Waals surface area contributed by atoms with Crippen LogP contribution in [0.15, 0.2) is 215 Å². The second-order valence-electron chi connectivity index (χ2n) is 17.4. The van der Waals surface area contributed by atoms with Gasteiger partial charge in [-0.05, 0) is 91.6 Å². The molecule has 0 aliphatic carbocycles. The summed E-state index contributed by atoms with van der Waals surface area (Å²) in [6.07, 6.45) is 0. The van der Waals surface area contributed by atoms with Crippen molar-refractivity contribution in [1.29, 1.82) is 0 Å². The first-order valence-electron chi connectivity index (χ1n) is 22.6. The molecule has 0 amide bonds. The smallest absolute Gasteiger partial charge is 0.166 e. The third-order valence-corrected chi connectivity index (χ3v) is 13.8. The van der Waals surface area contributed by atoms with Crippen LogP contribution in [0.5, 0.6) is 0 Å². The summed E-state index contributed by atoms with van der Waals surface area (Å²) in [5, 5.41) is 15.5. The van der Waals surface area contributed by atoms with Gasteiger partial charge in [-0.25, -0.2) is 15.0 Å². The van der Waals surface area contributed by atoms with E-state index < -0.39 is 0 Å². The van der Waals surface area contributed by atoms with E-state index in [1.54, 1.807) is 0 Å². The average molecular weight is 855 g/mol. The Morgan fingerprint density at radius 3 is 1.64 bits per heavy atom. The molecule has 310 valence electrons. The summed E-state index contributed by atoms with van der Waals surface area (Å²) >= 11 is 0. The zero-order chi connectivity index (χ0) is 43.7. The van der Waals surface area contributed by atoms with Gasteiger partial charge in [0.15, 0.2) is 23.1 Å². The highest BCUT2D eigenvalue weighted by Gasteiger charge is 2.27. The highest BCUT2D eigenvalue weighted by molar-refractivity contribution is 6.26. The normalized spacial score (nSPS) is 12.2. The number of rotatable bonds is 4. The van der Waals surface area contributed by atoms with Gasteiger partial charge in [-0.1, -0.05) is 158 Å². The van der Waals surface area contributed by atoms with Crippen molar-refractivity contribution >= 4 is 109 Å². The highest BCUT2D eigenvalue weighted by atomic mass is 16.3. The number of benzene rings is 11. The molecule has 0 fully saturated rings. The van der Waals surface area contributed by atoms with Gasteiger partial charge in [0, 0.05) is 49.0 Å². The number of furan rings is 2. The quantitative estimate of drug-likeness (QED) is 0.176. The Kier molecular flexibility index (Phi) is 7.40. The van der Waals surface area contributed by atoms with Crippen LogP contribution in [0.2, 0.25) is 0 Å². The lowest BCUT2D eigenvalue weighted by Gasteiger charge is -2.16. The van der Waals surface area contributed by atoms with E-state index in [0.717, 1.165) is 110 Å². The van der Waals surface area contributed by atoms with E-state index in [0.29, 0.717) is 17.5 Å². The van der Waals surface area contributed by atoms with Gasteiger partial charge in [0.25, 0.3) is 0 Å². The molecule has 0 aliphatic heterocycles. The van der Waals surface area contributed by atoms with Crippen molar-refractivity contribution in [3.8, 4) is 39.9 Å². The molecule has 0 bridgehead atoms. The molecule has 15 rings (SSSR count). The fourth-order valence-electron chi connectivity index (χ4n) is 10.8. The van der Waals surface area contributed by atoms with Gasteiger partial charge in [0.2, 0.25) is 0 Å². The maximum Gasteiger partial charge on any atom is 0.166 e. The molecule has 67 heavy (non-hydrogen) atoms. The van der Waals surface area contributed by atoms with Crippen molar-refractivity contribution in [2.75, 3.05) is 0 Å². The molecule has 6 heteroatoms. The van der Waals surface area contributed by atoms with Crippen molar-refractivity contribution in [1.82, 2.24) is 19.5 Å². The summed E-state index contributed by atoms with van der Waals surface area (Å²) in [4.78, 5) is 16.4. The van der Waals surface area contributed by atoms with Crippen molar-refractivity contribution in [3.63, 3.8) is 0 Å². The Labute approximate surface area is 381 Å². The van der Waals surface area contributed by atoms with Gasteiger partial charge in [-0.15, -0.1) is 0 Å². The lowest BCUT2D eigenvalue weighted by atomic mass is 10.0. The molecule has 0 N–H and O–H groups in total. The Balaban J connectivity index is 1.13. The van der Waals surface area contributed by atoms with E-state index in [1.165, 1.54) is 21.5 Å². The molecule has 6 nitrogen and oxygen atoms in total. The second kappa shape index (κ2) is 13.7. The second-order valence-corrected chi connectivity index (χ2v) is 17.4. The number of hydrogen-bond donors (Lipinski definition) is 0. The molecule has 0 saturated heterocycles. The van der Waals surface area contributed by atoms with Crippen LogP contribution < -0.4 is 0 Å². The van der Waals surface area contributed by atoms with Crippen molar-refractivity contribution < 1.29 is 8.83 Å². The Hall–Kier alpha value is -9.13. The number of nitrogens with zero attached hydrogens (tertiary/aromatic N) is 4. The van der Waals surface area contributed by atoms with E-state index in [9.17, 15) is 0 Å². The maximum atomic E-state index is 7.23. The Morgan fingerprint density at radius 1 is 0.299 bits per heavy atom. The van der Waals surface area contributed by atoms with Crippen molar-refractivity contribution in [3.05, 3.63) is 206 Å². The van der Waals surface area contributed by atoms with Crippen LogP contribution in [-0.2, 0) is 0 Å². The van der Waals surface area contributed by atoms with Gasteiger partial charge >= 0.3 is 0 Å². The first-order chi connectivity index (χ1) is 33.2. The Morgan fingerprint density at radius 2 is 0.851 bits per heavy atom. The summed E-state index contributed by atoms with van der Waals surface area (Å²) in [5.74, 6) is 1.64. The lowest BCUT2D eigenvalue weighted by Crippen LogP contribution is -2.04. The van der Waals surface area contributed by atoms with E-state index in [-0.39, 0.29) is 0 Å². The van der Waals surface area contributed by atoms with Crippen LogP contribution in [-0.4, -0.2) is 19.5 Å². The van der Waals surface area contributed by atoms with Gasteiger partial charge in [-0.3, -0.25) is 0 Å². The maximum absolute atomic E-state index is 7.23. The molecule has 0 atom stereocenters. The van der Waals surface area contributed by atoms with Gasteiger partial charge < -0.3 is 13.4 Å². The van der Waals surface area contributed by atoms with Gasteiger partial charge in [0.05, 0.1) is 11.0 Å². The third kappa shape index (κ3) is 5.23. The van der Waals surface area contributed by atoms with Crippen LogP contribution in [0.25, 0.3) is 149 Å². The molecule has 0 aliphatic rings. The molecule has 11 aromatic carbocycles. The van der Waals surface area contributed by atoms with Crippen molar-refractivity contribution in [2.45, 2.75) is 0 Å². The predicted octanol–water partition coefficient (Wildman–Crippen LogP) is 16.4. The summed E-state index contributed by atoms with van der Waals surface area (Å²) in [6, 6.07) is 72.6. The van der Waals surface area contributed by atoms with Crippen LogP contribution in [0.4, 0.5) is 0 Å². The molecule has 0 radical (unpaired) electrons. The molecular weight excluding hydrogens is 821 g/mol. The zero-order valence-electron chi connectivity index (χ0n) is 35.7. The monoisotopic (exact) mass is 854 g/mol. The molecule has 0 unspecified atom stereocenters. The highest BCUT2D eigenvalue weighted by Crippen LogP contribution is 2.46. The molecule has 15 aromatic rings. The number of aromatic nitrogens is 4. The van der Waals surface area contributed by atoms with Crippen LogP contribution in [0, 0.1) is 0 Å². The topological polar surface area (TPSA) is 69.9 Å². The standard InChI is InChI=1S/C61H34N4O2/c1-2-17-39-34-50-48(33-38(39)16-1)54-41-20-7-4-14-36(41)27-31-49(54)65(50)57-47(30-29-45-55-42-21-8-5-15-37(42)28-32-53(55)67-58(45)57)61-63-59(43-23-11-18-35-13-3-6-19-40(35)43)62-60(64-61)46-24-12-26-52-56(46)44-22-9-10-25-51(44)66-52/h1-34H. The van der Waals surface area contributed by atoms with E-state index >= 15 is 0 Å². The average Bonchev–Trinajstić information content (AvgIpc) is 4.07. The molecule has 4 aromatic heterocycles. The number of para-hydroxylation sites is 1. The molecule has 0 saturated carbocycles. The van der Waals surface area contributed by atoms with Gasteiger partial charge in [0.1, 0.15) is 22.4 Å². The number of hydrogen-bond acceptors (Lipinski definition) is 5. The molecule has 4 heterocycles. The molecule has 0 spiro atoms. The third-order valence-electron chi connectivity index (χ3n) is 13.8. The minimum Gasteiger partial charge on any atom is -0.456 e. The summed E-state index contributed by atoms with van der Waals surface area (Å²) in [5.41, 5.74) is 8.71. The predicted molar refractivity (Wildman–Crippen MR) is 275 cm³/mol. The van der Waals surface area contributed by atoms with Crippen LogP contribution in [0.1, 0.15) is 0 Å². The molecular formula is C61H34N4O2. The van der Waals surface area contributed by atoms with E-state index in [4.69, 9.17) is 23.8 Å². The van der Waals surface area contributed by atoms with Gasteiger partial charge in [-0.2, -0.15) is 0 Å². The van der Waals surface area contributed by atoms with Crippen molar-refractivity contribution in [2.24, 2.45) is 0 Å². The summed E-state index contributed by atoms with van der Waals surface area (Å²) in [6.45, 7) is 0. The Bertz CT molecular complexity index is 4590. The first kappa shape index (κ1) is 36.2. The first-order valence-corrected chi connectivity index (χ1v) is 22.6. The largest absolute Gasteiger partial charge is 0.456 e. The van der Waals surface area contributed by atoms with E-state index in [2.05, 4.69) is 180 Å². The minimum absolute atomic E-state index is 0.525. The number of fused-ring (bicyclic) bond motifs is 15. The van der Waals surface area contributed by atoms with Crippen LogP contribution in [0.3, 0.4) is 0 Å². The lowest BCUT2D eigenvalue weighted by molar-refractivity contribution is 0.666. The SMILES string of the molecule is c1ccc2cc3c(cc2c1)c1c2ccccc2ccc1n3-c1c(-c2nc(-c3cccc4ccccc34)nc(-c3cccc4oc5ccccc5c34)n2)ccc2c1oc1ccc3ccccc3c12. The van der Waals surface area contributed by atoms with Crippen LogP contribution >= 0.6 is 0 Å².